The first-order valence-electron chi connectivity index (χ1n) is 15.4. The van der Waals surface area contributed by atoms with E-state index in [1.165, 1.54) is 64.2 Å². The molecule has 0 bridgehead atoms. The molecule has 0 aromatic heterocycles. The van der Waals surface area contributed by atoms with Gasteiger partial charge in [0.25, 0.3) is 0 Å². The van der Waals surface area contributed by atoms with Crippen molar-refractivity contribution in [2.24, 2.45) is 23.1 Å². The van der Waals surface area contributed by atoms with E-state index >= 15 is 0 Å². The lowest BCUT2D eigenvalue weighted by atomic mass is 10.0. The molecule has 0 radical (unpaired) electrons. The number of aliphatic hydroxyl groups is 2. The second-order valence-corrected chi connectivity index (χ2v) is 10.5. The van der Waals surface area contributed by atoms with Gasteiger partial charge in [-0.3, -0.25) is 4.79 Å². The van der Waals surface area contributed by atoms with Crippen molar-refractivity contribution in [3.63, 3.8) is 0 Å². The Bertz CT molecular complexity index is 552. The molecular weight excluding hydrogens is 480 g/mol. The third-order valence-electron chi connectivity index (χ3n) is 6.90. The molecule has 0 rings (SSSR count). The fraction of sp³-hybridized carbons (Fsp3) is 0.897. The Kier molecular flexibility index (Phi) is 26.7. The third-order valence-corrected chi connectivity index (χ3v) is 6.90. The molecule has 38 heavy (non-hydrogen) atoms. The number of aliphatic hydroxyl groups excluding tert-OH is 2. The van der Waals surface area contributed by atoms with E-state index in [1.807, 2.05) is 6.08 Å². The normalized spacial score (nSPS) is 15.0. The molecule has 9 heteroatoms. The summed E-state index contributed by atoms with van der Waals surface area (Å²) >= 11 is 0. The van der Waals surface area contributed by atoms with Gasteiger partial charge in [-0.1, -0.05) is 83.3 Å². The smallest absolute Gasteiger partial charge is 0.226 e. The summed E-state index contributed by atoms with van der Waals surface area (Å²) in [4.78, 5) is 12.8. The van der Waals surface area contributed by atoms with E-state index in [4.69, 9.17) is 17.2 Å². The SMILES string of the molecule is CCCCCCCCCCCCC/C=C/[C@@H](O)[C@H](N)C(O)NC(=O)C(CCNCCCN)CNCCCN. The molecule has 226 valence electrons. The zero-order chi connectivity index (χ0) is 28.3. The molecule has 0 aromatic carbocycles. The Morgan fingerprint density at radius 3 is 1.92 bits per heavy atom. The Hall–Kier alpha value is -1.07. The highest BCUT2D eigenvalue weighted by Crippen LogP contribution is 2.12. The van der Waals surface area contributed by atoms with Gasteiger partial charge in [0.15, 0.2) is 0 Å². The van der Waals surface area contributed by atoms with E-state index in [0.29, 0.717) is 32.6 Å². The number of amides is 1. The van der Waals surface area contributed by atoms with Crippen molar-refractivity contribution in [3.8, 4) is 0 Å². The number of nitrogens with two attached hydrogens (primary N) is 3. The first-order valence-corrected chi connectivity index (χ1v) is 15.4. The lowest BCUT2D eigenvalue weighted by molar-refractivity contribution is -0.129. The molecular formula is C29H62N6O3. The van der Waals surface area contributed by atoms with E-state index in [2.05, 4.69) is 22.9 Å². The second-order valence-electron chi connectivity index (χ2n) is 10.5. The van der Waals surface area contributed by atoms with Crippen LogP contribution < -0.4 is 33.2 Å². The summed E-state index contributed by atoms with van der Waals surface area (Å²) in [5.74, 6) is -0.625. The summed E-state index contributed by atoms with van der Waals surface area (Å²) in [6.07, 6.45) is 18.6. The zero-order valence-electron chi connectivity index (χ0n) is 24.3. The molecule has 0 aliphatic heterocycles. The quantitative estimate of drug-likeness (QED) is 0.0422. The van der Waals surface area contributed by atoms with Crippen LogP contribution in [0, 0.1) is 5.92 Å². The molecule has 1 amide bonds. The summed E-state index contributed by atoms with van der Waals surface area (Å²) in [6, 6.07) is -0.999. The molecule has 2 unspecified atom stereocenters. The van der Waals surface area contributed by atoms with E-state index in [9.17, 15) is 15.0 Å². The zero-order valence-corrected chi connectivity index (χ0v) is 24.3. The van der Waals surface area contributed by atoms with Crippen LogP contribution in [0.5, 0.6) is 0 Å². The number of nitrogens with one attached hydrogen (secondary N) is 3. The molecule has 0 spiro atoms. The van der Waals surface area contributed by atoms with Crippen molar-refractivity contribution in [3.05, 3.63) is 12.2 Å². The van der Waals surface area contributed by atoms with Crippen LogP contribution in [0.4, 0.5) is 0 Å². The van der Waals surface area contributed by atoms with E-state index in [1.54, 1.807) is 6.08 Å². The van der Waals surface area contributed by atoms with Crippen LogP contribution in [0.1, 0.15) is 103 Å². The van der Waals surface area contributed by atoms with Gasteiger partial charge < -0.3 is 43.4 Å². The van der Waals surface area contributed by atoms with E-state index in [0.717, 1.165) is 38.8 Å². The molecule has 4 atom stereocenters. The number of hydrogen-bond donors (Lipinski definition) is 8. The van der Waals surface area contributed by atoms with Gasteiger partial charge >= 0.3 is 0 Å². The highest BCUT2D eigenvalue weighted by atomic mass is 16.3. The molecule has 0 aliphatic rings. The summed E-state index contributed by atoms with van der Waals surface area (Å²) in [5.41, 5.74) is 17.1. The number of hydrogen-bond acceptors (Lipinski definition) is 8. The lowest BCUT2D eigenvalue weighted by Gasteiger charge is -2.25. The molecule has 0 aromatic rings. The highest BCUT2D eigenvalue weighted by molar-refractivity contribution is 5.79. The average molecular weight is 543 g/mol. The van der Waals surface area contributed by atoms with Crippen molar-refractivity contribution in [2.45, 2.75) is 122 Å². The maximum absolute atomic E-state index is 12.8. The second kappa shape index (κ2) is 27.5. The fourth-order valence-corrected chi connectivity index (χ4v) is 4.29. The topological polar surface area (TPSA) is 172 Å². The minimum Gasteiger partial charge on any atom is -0.387 e. The lowest BCUT2D eigenvalue weighted by Crippen LogP contribution is -2.54. The van der Waals surface area contributed by atoms with Crippen LogP contribution in [0.25, 0.3) is 0 Å². The fourth-order valence-electron chi connectivity index (χ4n) is 4.29. The summed E-state index contributed by atoms with van der Waals surface area (Å²) in [5, 5.41) is 29.9. The van der Waals surface area contributed by atoms with Crippen molar-refractivity contribution in [2.75, 3.05) is 39.3 Å². The number of allylic oxidation sites excluding steroid dienone is 1. The number of unbranched alkanes of at least 4 members (excludes halogenated alkanes) is 11. The van der Waals surface area contributed by atoms with Gasteiger partial charge in [-0.25, -0.2) is 0 Å². The van der Waals surface area contributed by atoms with Gasteiger partial charge in [-0.15, -0.1) is 0 Å². The Balaban J connectivity index is 4.22. The molecule has 0 heterocycles. The third kappa shape index (κ3) is 21.8. The van der Waals surface area contributed by atoms with Crippen LogP contribution in [-0.2, 0) is 4.79 Å². The molecule has 11 N–H and O–H groups in total. The van der Waals surface area contributed by atoms with Gasteiger partial charge in [0.05, 0.1) is 18.1 Å². The minimum absolute atomic E-state index is 0.286. The summed E-state index contributed by atoms with van der Waals surface area (Å²) in [7, 11) is 0. The maximum Gasteiger partial charge on any atom is 0.226 e. The Labute approximate surface area is 233 Å². The number of rotatable bonds is 28. The van der Waals surface area contributed by atoms with Crippen LogP contribution in [0.3, 0.4) is 0 Å². The highest BCUT2D eigenvalue weighted by Gasteiger charge is 2.26. The van der Waals surface area contributed by atoms with Crippen LogP contribution >= 0.6 is 0 Å². The molecule has 0 saturated carbocycles. The minimum atomic E-state index is -1.33. The standard InChI is InChI=1S/C29H62N6O3/c1-2-3-4-5-6-7-8-9-10-11-12-13-14-17-26(36)27(32)29(38)35-28(37)25(24-34-22-16-20-31)18-23-33-21-15-19-30/h14,17,25-27,29,33-34,36,38H,2-13,15-16,18-24,30-32H2,1H3,(H,35,37)/b17-14+/t25?,26-,27+,29?/m1/s1. The predicted octanol–water partition coefficient (Wildman–Crippen LogP) is 2.25. The van der Waals surface area contributed by atoms with Crippen molar-refractivity contribution in [1.29, 1.82) is 0 Å². The first kappa shape index (κ1) is 36.9. The molecule has 0 saturated heterocycles. The Morgan fingerprint density at radius 1 is 0.789 bits per heavy atom. The van der Waals surface area contributed by atoms with Gasteiger partial charge in [0.2, 0.25) is 5.91 Å². The number of carbonyl (C=O) groups is 1. The summed E-state index contributed by atoms with van der Waals surface area (Å²) < 4.78 is 0. The van der Waals surface area contributed by atoms with Crippen LogP contribution in [0.2, 0.25) is 0 Å². The molecule has 9 nitrogen and oxygen atoms in total. The van der Waals surface area contributed by atoms with Gasteiger partial charge in [0.1, 0.15) is 6.23 Å². The first-order chi connectivity index (χ1) is 18.5. The summed E-state index contributed by atoms with van der Waals surface area (Å²) in [6.45, 7) is 6.14. The molecule has 0 fully saturated rings. The van der Waals surface area contributed by atoms with E-state index in [-0.39, 0.29) is 11.8 Å². The number of carbonyl (C=O) groups excluding carboxylic acids is 1. The van der Waals surface area contributed by atoms with Crippen molar-refractivity contribution < 1.29 is 15.0 Å². The van der Waals surface area contributed by atoms with Crippen LogP contribution in [-0.4, -0.2) is 73.8 Å². The van der Waals surface area contributed by atoms with E-state index < -0.39 is 18.4 Å². The monoisotopic (exact) mass is 542 g/mol. The predicted molar refractivity (Wildman–Crippen MR) is 160 cm³/mol. The van der Waals surface area contributed by atoms with Crippen molar-refractivity contribution >= 4 is 5.91 Å². The molecule has 0 aliphatic carbocycles. The average Bonchev–Trinajstić information content (AvgIpc) is 2.91. The van der Waals surface area contributed by atoms with Gasteiger partial charge in [-0.05, 0) is 64.8 Å². The van der Waals surface area contributed by atoms with Crippen molar-refractivity contribution in [1.82, 2.24) is 16.0 Å². The Morgan fingerprint density at radius 2 is 1.34 bits per heavy atom. The largest absolute Gasteiger partial charge is 0.387 e. The van der Waals surface area contributed by atoms with Gasteiger partial charge in [-0.2, -0.15) is 0 Å². The van der Waals surface area contributed by atoms with Crippen LogP contribution in [0.15, 0.2) is 12.2 Å². The van der Waals surface area contributed by atoms with Gasteiger partial charge in [0, 0.05) is 6.54 Å². The maximum atomic E-state index is 12.8.